The number of aromatic nitrogens is 3. The average molecular weight is 470 g/mol. The standard InChI is InChI=1S/C21H27N9O4/c1-10-14(8-25-17(10)20(32)24-5-4-16(23)29-34)28-21(33)18-11(2)13(7-26-18)27-19(31)15-6-12(22)9-30(15)3/h6-9,25-26,34H,4-5,22H2,1-3H3,(H2,23,29)(H,24,32)(H,27,31)(H,28,33). The molecule has 3 aromatic heterocycles. The lowest BCUT2D eigenvalue weighted by atomic mass is 10.2. The minimum Gasteiger partial charge on any atom is -0.409 e. The van der Waals surface area contributed by atoms with E-state index in [0.29, 0.717) is 33.9 Å². The van der Waals surface area contributed by atoms with Crippen molar-refractivity contribution >= 4 is 40.6 Å². The molecule has 13 heteroatoms. The number of nitrogen functional groups attached to an aromatic ring is 1. The number of anilines is 3. The van der Waals surface area contributed by atoms with Gasteiger partial charge in [0.2, 0.25) is 0 Å². The van der Waals surface area contributed by atoms with Crippen LogP contribution in [0, 0.1) is 13.8 Å². The van der Waals surface area contributed by atoms with Crippen LogP contribution in [-0.2, 0) is 7.05 Å². The van der Waals surface area contributed by atoms with E-state index in [1.807, 2.05) is 0 Å². The number of oxime groups is 1. The number of amides is 3. The maximum absolute atomic E-state index is 12.8. The van der Waals surface area contributed by atoms with E-state index in [0.717, 1.165) is 0 Å². The fraction of sp³-hybridized carbons (Fsp3) is 0.238. The SMILES string of the molecule is Cc1c(NC(=O)c2[nH]cc(NC(=O)c3cc(N)cn3C)c2C)c[nH]c1C(=O)NCCC(N)=NO. The first-order valence-electron chi connectivity index (χ1n) is 10.3. The third-order valence-electron chi connectivity index (χ3n) is 5.28. The smallest absolute Gasteiger partial charge is 0.272 e. The number of carbonyl (C=O) groups is 3. The van der Waals surface area contributed by atoms with Crippen molar-refractivity contribution in [2.75, 3.05) is 22.9 Å². The molecule has 0 fully saturated rings. The molecule has 10 N–H and O–H groups in total. The van der Waals surface area contributed by atoms with E-state index in [4.69, 9.17) is 16.7 Å². The fourth-order valence-electron chi connectivity index (χ4n) is 3.35. The van der Waals surface area contributed by atoms with E-state index in [1.54, 1.807) is 37.7 Å². The predicted octanol–water partition coefficient (Wildman–Crippen LogP) is 1.25. The second-order valence-corrected chi connectivity index (χ2v) is 7.68. The van der Waals surface area contributed by atoms with Crippen LogP contribution in [0.1, 0.15) is 49.0 Å². The van der Waals surface area contributed by atoms with Crippen molar-refractivity contribution in [1.29, 1.82) is 0 Å². The van der Waals surface area contributed by atoms with Crippen molar-refractivity contribution in [2.45, 2.75) is 20.3 Å². The maximum atomic E-state index is 12.8. The van der Waals surface area contributed by atoms with Crippen molar-refractivity contribution in [3.8, 4) is 0 Å². The molecule has 0 aromatic carbocycles. The van der Waals surface area contributed by atoms with Gasteiger partial charge in [0.25, 0.3) is 17.7 Å². The van der Waals surface area contributed by atoms with Gasteiger partial charge < -0.3 is 47.2 Å². The van der Waals surface area contributed by atoms with Gasteiger partial charge in [-0.1, -0.05) is 5.16 Å². The van der Waals surface area contributed by atoms with Crippen LogP contribution in [0.25, 0.3) is 0 Å². The number of amidine groups is 1. The summed E-state index contributed by atoms with van der Waals surface area (Å²) in [6, 6.07) is 1.56. The van der Waals surface area contributed by atoms with E-state index < -0.39 is 11.8 Å². The van der Waals surface area contributed by atoms with Crippen LogP contribution in [0.3, 0.4) is 0 Å². The number of rotatable bonds is 8. The molecule has 3 aromatic rings. The van der Waals surface area contributed by atoms with E-state index in [2.05, 4.69) is 31.1 Å². The summed E-state index contributed by atoms with van der Waals surface area (Å²) in [5, 5.41) is 19.5. The number of nitrogens with zero attached hydrogens (tertiary/aromatic N) is 2. The summed E-state index contributed by atoms with van der Waals surface area (Å²) in [4.78, 5) is 43.4. The van der Waals surface area contributed by atoms with Crippen molar-refractivity contribution in [3.05, 3.63) is 52.9 Å². The molecule has 0 aliphatic heterocycles. The number of hydrogen-bond acceptors (Lipinski definition) is 6. The van der Waals surface area contributed by atoms with Crippen LogP contribution in [-0.4, -0.2) is 49.8 Å². The van der Waals surface area contributed by atoms with Gasteiger partial charge in [0.05, 0.1) is 17.1 Å². The molecule has 0 spiro atoms. The van der Waals surface area contributed by atoms with Gasteiger partial charge in [0, 0.05) is 49.7 Å². The summed E-state index contributed by atoms with van der Waals surface area (Å²) in [5.74, 6) is -1.20. The molecule has 34 heavy (non-hydrogen) atoms. The van der Waals surface area contributed by atoms with Crippen molar-refractivity contribution in [1.82, 2.24) is 19.9 Å². The van der Waals surface area contributed by atoms with E-state index in [1.165, 1.54) is 12.4 Å². The number of hydrogen-bond donors (Lipinski definition) is 8. The Morgan fingerprint density at radius 3 is 2.12 bits per heavy atom. The van der Waals surface area contributed by atoms with E-state index >= 15 is 0 Å². The molecule has 3 heterocycles. The molecule has 0 bridgehead atoms. The van der Waals surface area contributed by atoms with Gasteiger partial charge in [-0.25, -0.2) is 0 Å². The minimum atomic E-state index is -0.443. The zero-order chi connectivity index (χ0) is 25.0. The van der Waals surface area contributed by atoms with Gasteiger partial charge in [0.1, 0.15) is 22.9 Å². The van der Waals surface area contributed by atoms with Gasteiger partial charge in [-0.15, -0.1) is 0 Å². The number of H-pyrrole nitrogens is 2. The van der Waals surface area contributed by atoms with E-state index in [9.17, 15) is 14.4 Å². The highest BCUT2D eigenvalue weighted by molar-refractivity contribution is 6.09. The zero-order valence-electron chi connectivity index (χ0n) is 18.9. The first kappa shape index (κ1) is 24.0. The molecule has 0 radical (unpaired) electrons. The zero-order valence-corrected chi connectivity index (χ0v) is 18.9. The minimum absolute atomic E-state index is 0.00104. The van der Waals surface area contributed by atoms with Gasteiger partial charge in [-0.2, -0.15) is 0 Å². The average Bonchev–Trinajstić information content (AvgIpc) is 3.45. The lowest BCUT2D eigenvalue weighted by molar-refractivity contribution is 0.0947. The number of nitrogens with two attached hydrogens (primary N) is 2. The number of aromatic amines is 2. The van der Waals surface area contributed by atoms with E-state index in [-0.39, 0.29) is 36.1 Å². The predicted molar refractivity (Wildman–Crippen MR) is 127 cm³/mol. The number of nitrogens with one attached hydrogen (secondary N) is 5. The highest BCUT2D eigenvalue weighted by Gasteiger charge is 2.20. The van der Waals surface area contributed by atoms with Gasteiger partial charge >= 0.3 is 0 Å². The highest BCUT2D eigenvalue weighted by atomic mass is 16.4. The molecule has 3 amide bonds. The Bertz CT molecular complexity index is 1270. The normalized spacial score (nSPS) is 11.3. The molecule has 13 nitrogen and oxygen atoms in total. The molecular formula is C21H27N9O4. The number of carbonyl (C=O) groups excluding carboxylic acids is 3. The van der Waals surface area contributed by atoms with Gasteiger partial charge in [0.15, 0.2) is 0 Å². The van der Waals surface area contributed by atoms with Crippen molar-refractivity contribution in [2.24, 2.45) is 17.9 Å². The Kier molecular flexibility index (Phi) is 6.95. The summed E-state index contributed by atoms with van der Waals surface area (Å²) < 4.78 is 1.61. The van der Waals surface area contributed by atoms with Crippen LogP contribution in [0.5, 0.6) is 0 Å². The van der Waals surface area contributed by atoms with Crippen LogP contribution in [0.2, 0.25) is 0 Å². The van der Waals surface area contributed by atoms with Crippen molar-refractivity contribution in [3.63, 3.8) is 0 Å². The molecule has 0 unspecified atom stereocenters. The second-order valence-electron chi connectivity index (χ2n) is 7.68. The lowest BCUT2D eigenvalue weighted by Crippen LogP contribution is -2.28. The van der Waals surface area contributed by atoms with Crippen LogP contribution < -0.4 is 27.4 Å². The topological polar surface area (TPSA) is 208 Å². The van der Waals surface area contributed by atoms with Crippen LogP contribution in [0.15, 0.2) is 29.8 Å². The molecule has 0 saturated carbocycles. The Morgan fingerprint density at radius 2 is 1.59 bits per heavy atom. The lowest BCUT2D eigenvalue weighted by Gasteiger charge is -2.07. The molecule has 0 aliphatic carbocycles. The Hall–Kier alpha value is -4.68. The third-order valence-corrected chi connectivity index (χ3v) is 5.28. The second kappa shape index (κ2) is 9.85. The highest BCUT2D eigenvalue weighted by Crippen LogP contribution is 2.23. The number of aryl methyl sites for hydroxylation is 1. The Morgan fingerprint density at radius 1 is 1.03 bits per heavy atom. The van der Waals surface area contributed by atoms with Crippen molar-refractivity contribution < 1.29 is 19.6 Å². The first-order chi connectivity index (χ1) is 16.1. The monoisotopic (exact) mass is 469 g/mol. The molecule has 0 atom stereocenters. The molecular weight excluding hydrogens is 442 g/mol. The Labute approximate surface area is 194 Å². The van der Waals surface area contributed by atoms with Crippen LogP contribution in [0.4, 0.5) is 17.1 Å². The van der Waals surface area contributed by atoms with Gasteiger partial charge in [-0.05, 0) is 19.9 Å². The first-order valence-corrected chi connectivity index (χ1v) is 10.3. The summed E-state index contributed by atoms with van der Waals surface area (Å²) >= 11 is 0. The largest absolute Gasteiger partial charge is 0.409 e. The molecule has 180 valence electrons. The summed E-state index contributed by atoms with van der Waals surface area (Å²) in [6.45, 7) is 3.56. The quantitative estimate of drug-likeness (QED) is 0.105. The summed E-state index contributed by atoms with van der Waals surface area (Å²) in [5.41, 5.74) is 14.4. The fourth-order valence-corrected chi connectivity index (χ4v) is 3.35. The van der Waals surface area contributed by atoms with Gasteiger partial charge in [-0.3, -0.25) is 14.4 Å². The molecule has 0 saturated heterocycles. The summed E-state index contributed by atoms with van der Waals surface area (Å²) in [6.07, 6.45) is 4.85. The Balaban J connectivity index is 1.66. The molecule has 3 rings (SSSR count). The summed E-state index contributed by atoms with van der Waals surface area (Å²) in [7, 11) is 1.71. The molecule has 0 aliphatic rings. The maximum Gasteiger partial charge on any atom is 0.272 e. The van der Waals surface area contributed by atoms with Crippen LogP contribution >= 0.6 is 0 Å². The third kappa shape index (κ3) is 5.03.